The van der Waals surface area contributed by atoms with E-state index in [0.717, 1.165) is 24.5 Å². The summed E-state index contributed by atoms with van der Waals surface area (Å²) in [6.07, 6.45) is 5.69. The summed E-state index contributed by atoms with van der Waals surface area (Å²) in [5.74, 6) is 0.730. The summed E-state index contributed by atoms with van der Waals surface area (Å²) in [6, 6.07) is 0.626. The summed E-state index contributed by atoms with van der Waals surface area (Å²) >= 11 is 0. The van der Waals surface area contributed by atoms with Gasteiger partial charge in [0.2, 0.25) is 0 Å². The smallest absolute Gasteiger partial charge is 0.0871 e. The Hall–Kier alpha value is -0.900. The lowest BCUT2D eigenvalue weighted by Gasteiger charge is -2.08. The second-order valence-electron chi connectivity index (χ2n) is 5.13. The quantitative estimate of drug-likeness (QED) is 0.797. The highest BCUT2D eigenvalue weighted by Crippen LogP contribution is 2.35. The molecule has 0 spiro atoms. The number of nitrogens with two attached hydrogens (primary N) is 1. The molecule has 1 fully saturated rings. The van der Waals surface area contributed by atoms with Crippen molar-refractivity contribution in [2.45, 2.75) is 52.0 Å². The van der Waals surface area contributed by atoms with Gasteiger partial charge in [0.1, 0.15) is 0 Å². The number of hydrogen-bond acceptors (Lipinski definition) is 3. The molecule has 0 aromatic carbocycles. The first kappa shape index (κ1) is 11.6. The molecule has 0 aliphatic heterocycles. The first-order valence-corrected chi connectivity index (χ1v) is 6.35. The molecule has 90 valence electrons. The SMILES string of the molecule is CC(C)CCc1c(CCN)nnn1C1CC1. The lowest BCUT2D eigenvalue weighted by molar-refractivity contribution is 0.534. The van der Waals surface area contributed by atoms with Crippen molar-refractivity contribution in [1.82, 2.24) is 15.0 Å². The largest absolute Gasteiger partial charge is 0.330 e. The summed E-state index contributed by atoms with van der Waals surface area (Å²) in [6.45, 7) is 5.18. The fourth-order valence-corrected chi connectivity index (χ4v) is 1.97. The van der Waals surface area contributed by atoms with Crippen molar-refractivity contribution in [1.29, 1.82) is 0 Å². The van der Waals surface area contributed by atoms with Gasteiger partial charge < -0.3 is 5.73 Å². The molecule has 1 heterocycles. The van der Waals surface area contributed by atoms with Crippen LogP contribution in [0.25, 0.3) is 0 Å². The minimum atomic E-state index is 0.626. The molecule has 1 aliphatic rings. The molecule has 1 aliphatic carbocycles. The molecule has 1 aromatic heterocycles. The van der Waals surface area contributed by atoms with Crippen LogP contribution in [0.3, 0.4) is 0 Å². The standard InChI is InChI=1S/C12H22N4/c1-9(2)3-6-12-11(7-8-13)14-15-16(12)10-4-5-10/h9-10H,3-8,13H2,1-2H3. The van der Waals surface area contributed by atoms with Crippen molar-refractivity contribution < 1.29 is 0 Å². The maximum atomic E-state index is 5.61. The molecule has 4 nitrogen and oxygen atoms in total. The van der Waals surface area contributed by atoms with E-state index in [1.807, 2.05) is 0 Å². The molecule has 0 unspecified atom stereocenters. The molecule has 16 heavy (non-hydrogen) atoms. The van der Waals surface area contributed by atoms with Crippen molar-refractivity contribution >= 4 is 0 Å². The first-order chi connectivity index (χ1) is 7.72. The summed E-state index contributed by atoms with van der Waals surface area (Å²) in [4.78, 5) is 0. The van der Waals surface area contributed by atoms with Crippen molar-refractivity contribution in [3.8, 4) is 0 Å². The fraction of sp³-hybridized carbons (Fsp3) is 0.833. The average Bonchev–Trinajstić information content (AvgIpc) is 3.00. The van der Waals surface area contributed by atoms with Gasteiger partial charge in [-0.05, 0) is 38.1 Å². The van der Waals surface area contributed by atoms with Gasteiger partial charge in [0.25, 0.3) is 0 Å². The highest BCUT2D eigenvalue weighted by Gasteiger charge is 2.28. The predicted octanol–water partition coefficient (Wildman–Crippen LogP) is 1.70. The van der Waals surface area contributed by atoms with Crippen LogP contribution in [0.1, 0.15) is 50.5 Å². The van der Waals surface area contributed by atoms with Crippen LogP contribution in [0.15, 0.2) is 0 Å². The molecule has 0 saturated heterocycles. The third-order valence-electron chi connectivity index (χ3n) is 3.10. The van der Waals surface area contributed by atoms with Crippen LogP contribution >= 0.6 is 0 Å². The molecule has 0 atom stereocenters. The third-order valence-corrected chi connectivity index (χ3v) is 3.10. The van der Waals surface area contributed by atoms with Crippen molar-refractivity contribution in [3.63, 3.8) is 0 Å². The highest BCUT2D eigenvalue weighted by atomic mass is 15.5. The van der Waals surface area contributed by atoms with E-state index < -0.39 is 0 Å². The van der Waals surface area contributed by atoms with Crippen LogP contribution < -0.4 is 5.73 Å². The zero-order valence-corrected chi connectivity index (χ0v) is 10.3. The Labute approximate surface area is 97.2 Å². The van der Waals surface area contributed by atoms with E-state index in [1.54, 1.807) is 0 Å². The average molecular weight is 222 g/mol. The van der Waals surface area contributed by atoms with Gasteiger partial charge in [-0.15, -0.1) is 5.10 Å². The van der Waals surface area contributed by atoms with E-state index in [4.69, 9.17) is 5.73 Å². The third kappa shape index (κ3) is 2.61. The zero-order valence-electron chi connectivity index (χ0n) is 10.3. The Morgan fingerprint density at radius 1 is 1.38 bits per heavy atom. The summed E-state index contributed by atoms with van der Waals surface area (Å²) in [5.41, 5.74) is 8.06. The summed E-state index contributed by atoms with van der Waals surface area (Å²) < 4.78 is 2.15. The number of hydrogen-bond donors (Lipinski definition) is 1. The highest BCUT2D eigenvalue weighted by molar-refractivity contribution is 5.13. The molecule has 2 N–H and O–H groups in total. The molecular weight excluding hydrogens is 200 g/mol. The van der Waals surface area contributed by atoms with E-state index in [-0.39, 0.29) is 0 Å². The first-order valence-electron chi connectivity index (χ1n) is 6.35. The lowest BCUT2D eigenvalue weighted by Crippen LogP contribution is -2.09. The van der Waals surface area contributed by atoms with Crippen molar-refractivity contribution in [2.75, 3.05) is 6.54 Å². The Bertz CT molecular complexity index is 339. The molecule has 1 saturated carbocycles. The van der Waals surface area contributed by atoms with Crippen LogP contribution in [-0.2, 0) is 12.8 Å². The maximum absolute atomic E-state index is 5.61. The van der Waals surface area contributed by atoms with Gasteiger partial charge >= 0.3 is 0 Å². The van der Waals surface area contributed by atoms with E-state index in [1.165, 1.54) is 25.0 Å². The Morgan fingerprint density at radius 3 is 2.69 bits per heavy atom. The second-order valence-corrected chi connectivity index (χ2v) is 5.13. The number of rotatable bonds is 6. The number of aromatic nitrogens is 3. The van der Waals surface area contributed by atoms with E-state index >= 15 is 0 Å². The molecule has 0 radical (unpaired) electrons. The van der Waals surface area contributed by atoms with Crippen LogP contribution in [0.4, 0.5) is 0 Å². The van der Waals surface area contributed by atoms with Gasteiger partial charge in [0.05, 0.1) is 17.4 Å². The molecular formula is C12H22N4. The van der Waals surface area contributed by atoms with E-state index in [2.05, 4.69) is 28.8 Å². The molecule has 0 bridgehead atoms. The van der Waals surface area contributed by atoms with Gasteiger partial charge in [-0.3, -0.25) is 0 Å². The topological polar surface area (TPSA) is 56.7 Å². The second kappa shape index (κ2) is 4.95. The fourth-order valence-electron chi connectivity index (χ4n) is 1.97. The normalized spacial score (nSPS) is 16.0. The molecule has 4 heteroatoms. The van der Waals surface area contributed by atoms with Crippen LogP contribution in [-0.4, -0.2) is 21.5 Å². The Morgan fingerprint density at radius 2 is 2.12 bits per heavy atom. The van der Waals surface area contributed by atoms with Crippen LogP contribution in [0.5, 0.6) is 0 Å². The van der Waals surface area contributed by atoms with Gasteiger partial charge in [-0.2, -0.15) is 0 Å². The van der Waals surface area contributed by atoms with Gasteiger partial charge in [-0.1, -0.05) is 19.1 Å². The maximum Gasteiger partial charge on any atom is 0.0871 e. The Kier molecular flexibility index (Phi) is 3.59. The number of nitrogens with zero attached hydrogens (tertiary/aromatic N) is 3. The molecule has 1 aromatic rings. The molecule has 2 rings (SSSR count). The summed E-state index contributed by atoms with van der Waals surface area (Å²) in [5, 5.41) is 8.56. The summed E-state index contributed by atoms with van der Waals surface area (Å²) in [7, 11) is 0. The lowest BCUT2D eigenvalue weighted by atomic mass is 10.0. The van der Waals surface area contributed by atoms with Crippen LogP contribution in [0.2, 0.25) is 0 Å². The van der Waals surface area contributed by atoms with Crippen LogP contribution in [0, 0.1) is 5.92 Å². The molecule has 0 amide bonds. The van der Waals surface area contributed by atoms with Crippen molar-refractivity contribution in [2.24, 2.45) is 11.7 Å². The van der Waals surface area contributed by atoms with Gasteiger partial charge in [0.15, 0.2) is 0 Å². The monoisotopic (exact) mass is 222 g/mol. The van der Waals surface area contributed by atoms with Gasteiger partial charge in [-0.25, -0.2) is 4.68 Å². The Balaban J connectivity index is 2.12. The predicted molar refractivity (Wildman–Crippen MR) is 64.2 cm³/mol. The van der Waals surface area contributed by atoms with Crippen molar-refractivity contribution in [3.05, 3.63) is 11.4 Å². The van der Waals surface area contributed by atoms with E-state index in [0.29, 0.717) is 12.6 Å². The minimum Gasteiger partial charge on any atom is -0.330 e. The van der Waals surface area contributed by atoms with Gasteiger partial charge in [0, 0.05) is 6.42 Å². The van der Waals surface area contributed by atoms with E-state index in [9.17, 15) is 0 Å². The zero-order chi connectivity index (χ0) is 11.5. The minimum absolute atomic E-state index is 0.626.